The smallest absolute Gasteiger partial charge is 0.390 e. The number of rotatable bonds is 14. The Bertz CT molecular complexity index is 1240. The molecular formula is C32H44F4N4O3. The molecule has 0 bridgehead atoms. The highest BCUT2D eigenvalue weighted by Gasteiger charge is 2.39. The van der Waals surface area contributed by atoms with E-state index in [4.69, 9.17) is 9.72 Å². The van der Waals surface area contributed by atoms with Crippen LogP contribution >= 0.6 is 0 Å². The number of methoxy groups -OCH3 is 1. The van der Waals surface area contributed by atoms with Crippen LogP contribution < -0.4 is 10.1 Å². The predicted molar refractivity (Wildman–Crippen MR) is 158 cm³/mol. The summed E-state index contributed by atoms with van der Waals surface area (Å²) in [5.74, 6) is -0.953. The topological polar surface area (TPSA) is 77.9 Å². The Morgan fingerprint density at radius 3 is 2.70 bits per heavy atom. The lowest BCUT2D eigenvalue weighted by Crippen LogP contribution is -2.41. The number of carboxylic acid groups (broad SMARTS) is 1. The molecule has 7 nitrogen and oxygen atoms in total. The van der Waals surface area contributed by atoms with E-state index in [2.05, 4.69) is 17.4 Å². The highest BCUT2D eigenvalue weighted by Crippen LogP contribution is 2.37. The van der Waals surface area contributed by atoms with Crippen LogP contribution in [0.3, 0.4) is 0 Å². The Balaban J connectivity index is 1.40. The summed E-state index contributed by atoms with van der Waals surface area (Å²) in [7, 11) is 1.31. The number of aromatic nitrogens is 1. The Labute approximate surface area is 251 Å². The summed E-state index contributed by atoms with van der Waals surface area (Å²) in [5.41, 5.74) is 3.14. The molecule has 0 aliphatic carbocycles. The highest BCUT2D eigenvalue weighted by molar-refractivity contribution is 5.77. The third kappa shape index (κ3) is 8.81. The number of unbranched alkanes of at least 4 members (excludes halogenated alkanes) is 2. The number of fused-ring (bicyclic) bond motifs is 1. The zero-order chi connectivity index (χ0) is 31.1. The van der Waals surface area contributed by atoms with Crippen molar-refractivity contribution in [1.82, 2.24) is 14.8 Å². The van der Waals surface area contributed by atoms with E-state index in [0.29, 0.717) is 25.1 Å². The highest BCUT2D eigenvalue weighted by atomic mass is 19.4. The number of hydrogen-bond donors (Lipinski definition) is 2. The van der Waals surface area contributed by atoms with Gasteiger partial charge in [-0.05, 0) is 80.3 Å². The lowest BCUT2D eigenvalue weighted by molar-refractivity contribution is -0.143. The van der Waals surface area contributed by atoms with Crippen LogP contribution in [-0.4, -0.2) is 77.9 Å². The van der Waals surface area contributed by atoms with E-state index < -0.39 is 30.4 Å². The minimum Gasteiger partial charge on any atom is -0.493 e. The number of pyridine rings is 1. The lowest BCUT2D eigenvalue weighted by Gasteiger charge is -2.31. The molecule has 0 radical (unpaired) electrons. The molecule has 11 heteroatoms. The zero-order valence-electron chi connectivity index (χ0n) is 25.4. The first kappa shape index (κ1) is 33.0. The summed E-state index contributed by atoms with van der Waals surface area (Å²) in [6.07, 6.45) is 0.731. The first-order valence-electron chi connectivity index (χ1n) is 15.3. The number of aryl methyl sites for hydroxylation is 2. The van der Waals surface area contributed by atoms with Gasteiger partial charge in [0.15, 0.2) is 11.6 Å². The largest absolute Gasteiger partial charge is 0.493 e. The van der Waals surface area contributed by atoms with E-state index in [1.807, 2.05) is 18.7 Å². The van der Waals surface area contributed by atoms with E-state index in [0.717, 1.165) is 56.6 Å². The van der Waals surface area contributed by atoms with Crippen LogP contribution in [0.2, 0.25) is 0 Å². The first-order chi connectivity index (χ1) is 20.5. The van der Waals surface area contributed by atoms with Gasteiger partial charge in [-0.1, -0.05) is 26.3 Å². The molecule has 0 amide bonds. The fourth-order valence-corrected chi connectivity index (χ4v) is 6.23. The van der Waals surface area contributed by atoms with E-state index in [-0.39, 0.29) is 36.4 Å². The molecule has 2 aromatic rings. The molecule has 1 fully saturated rings. The number of likely N-dealkylation sites (tertiary alicyclic amines) is 1. The number of nitrogens with zero attached hydrogens (tertiary/aromatic N) is 3. The molecule has 3 heterocycles. The second-order valence-electron chi connectivity index (χ2n) is 12.0. The third-order valence-corrected chi connectivity index (χ3v) is 8.58. The number of aliphatic carboxylic acids is 1. The molecule has 2 N–H and O–H groups in total. The SMILES string of the molecule is COc1c(F)cc(C(C)C)cc1[C@@H](C(=O)O)N1CC[C@@H](N(CCCCCc2ccc3c(n2)NCCC3)CCC(F)(F)F)C1. The number of ether oxygens (including phenoxy) is 1. The minimum atomic E-state index is -4.28. The van der Waals surface area contributed by atoms with Crippen LogP contribution in [0.1, 0.15) is 86.7 Å². The summed E-state index contributed by atoms with van der Waals surface area (Å²) in [5, 5.41) is 13.6. The second-order valence-corrected chi connectivity index (χ2v) is 12.0. The molecule has 0 saturated carbocycles. The van der Waals surface area contributed by atoms with Crippen LogP contribution in [0.5, 0.6) is 5.75 Å². The zero-order valence-corrected chi connectivity index (χ0v) is 25.4. The normalized spacial score (nSPS) is 18.1. The number of carboxylic acids is 1. The van der Waals surface area contributed by atoms with Crippen molar-refractivity contribution in [1.29, 1.82) is 0 Å². The molecule has 2 aliphatic rings. The molecular weight excluding hydrogens is 564 g/mol. The fourth-order valence-electron chi connectivity index (χ4n) is 6.23. The molecule has 1 aromatic heterocycles. The van der Waals surface area contributed by atoms with Gasteiger partial charge in [0.05, 0.1) is 13.5 Å². The van der Waals surface area contributed by atoms with E-state index >= 15 is 0 Å². The molecule has 1 saturated heterocycles. The van der Waals surface area contributed by atoms with Crippen LogP contribution in [0.25, 0.3) is 0 Å². The molecule has 43 heavy (non-hydrogen) atoms. The van der Waals surface area contributed by atoms with Crippen LogP contribution in [-0.2, 0) is 17.6 Å². The molecule has 4 rings (SSSR count). The Morgan fingerprint density at radius 2 is 2.00 bits per heavy atom. The molecule has 0 spiro atoms. The van der Waals surface area contributed by atoms with Gasteiger partial charge in [-0.2, -0.15) is 13.2 Å². The number of benzene rings is 1. The number of nitrogens with one attached hydrogen (secondary N) is 1. The molecule has 1 aromatic carbocycles. The van der Waals surface area contributed by atoms with Crippen LogP contribution in [0, 0.1) is 5.82 Å². The van der Waals surface area contributed by atoms with E-state index in [9.17, 15) is 27.5 Å². The molecule has 0 unspecified atom stereocenters. The Morgan fingerprint density at radius 1 is 1.21 bits per heavy atom. The summed E-state index contributed by atoms with van der Waals surface area (Å²) in [4.78, 5) is 20.8. The second kappa shape index (κ2) is 14.7. The van der Waals surface area contributed by atoms with E-state index in [1.165, 1.54) is 18.7 Å². The van der Waals surface area contributed by atoms with Gasteiger partial charge in [0, 0.05) is 43.5 Å². The van der Waals surface area contributed by atoms with Crippen molar-refractivity contribution in [2.45, 2.75) is 89.4 Å². The van der Waals surface area contributed by atoms with Gasteiger partial charge in [0.25, 0.3) is 0 Å². The van der Waals surface area contributed by atoms with Crippen molar-refractivity contribution >= 4 is 11.8 Å². The maximum Gasteiger partial charge on any atom is 0.390 e. The summed E-state index contributed by atoms with van der Waals surface area (Å²) in [6, 6.07) is 5.81. The lowest BCUT2D eigenvalue weighted by atomic mass is 9.95. The van der Waals surface area contributed by atoms with Gasteiger partial charge in [-0.15, -0.1) is 0 Å². The summed E-state index contributed by atoms with van der Waals surface area (Å²) < 4.78 is 59.9. The van der Waals surface area contributed by atoms with Crippen molar-refractivity contribution in [3.05, 3.63) is 52.5 Å². The summed E-state index contributed by atoms with van der Waals surface area (Å²) >= 11 is 0. The van der Waals surface area contributed by atoms with Crippen molar-refractivity contribution in [3.8, 4) is 5.75 Å². The quantitative estimate of drug-likeness (QED) is 0.185. The predicted octanol–water partition coefficient (Wildman–Crippen LogP) is 6.58. The summed E-state index contributed by atoms with van der Waals surface area (Å²) in [6.45, 7) is 5.72. The third-order valence-electron chi connectivity index (χ3n) is 8.58. The Hall–Kier alpha value is -2.92. The van der Waals surface area contributed by atoms with Gasteiger partial charge < -0.3 is 15.2 Å². The van der Waals surface area contributed by atoms with Crippen molar-refractivity contribution in [3.63, 3.8) is 0 Å². The Kier molecular flexibility index (Phi) is 11.3. The fraction of sp³-hybridized carbons (Fsp3) is 0.625. The number of hydrogen-bond acceptors (Lipinski definition) is 6. The number of alkyl halides is 3. The van der Waals surface area contributed by atoms with Gasteiger partial charge in [-0.3, -0.25) is 14.6 Å². The standard InChI is InChI=1S/C32H44F4N4O3/c1-21(2)23-18-26(29(43-3)27(33)19-23)28(31(41)42)40-16-12-25(20-40)39(17-13-32(34,35)36)15-6-4-5-9-24-11-10-22-8-7-14-37-30(22)38-24/h10-11,18-19,21,25,28H,4-9,12-17,20H2,1-3H3,(H,37,38)(H,41,42)/t25-,28+/m1/s1. The monoisotopic (exact) mass is 608 g/mol. The van der Waals surface area contributed by atoms with Gasteiger partial charge in [0.2, 0.25) is 0 Å². The minimum absolute atomic E-state index is 0.0301. The molecule has 2 aliphatic heterocycles. The number of halogens is 4. The number of carbonyl (C=O) groups is 1. The van der Waals surface area contributed by atoms with E-state index in [1.54, 1.807) is 11.0 Å². The van der Waals surface area contributed by atoms with Gasteiger partial charge in [0.1, 0.15) is 11.9 Å². The maximum absolute atomic E-state index is 14.9. The van der Waals surface area contributed by atoms with Crippen molar-refractivity contribution in [2.24, 2.45) is 0 Å². The van der Waals surface area contributed by atoms with Gasteiger partial charge in [-0.25, -0.2) is 9.37 Å². The number of anilines is 1. The van der Waals surface area contributed by atoms with Crippen LogP contribution in [0.4, 0.5) is 23.4 Å². The average Bonchev–Trinajstić information content (AvgIpc) is 3.42. The molecule has 238 valence electrons. The average molecular weight is 609 g/mol. The molecule has 2 atom stereocenters. The first-order valence-corrected chi connectivity index (χ1v) is 15.3. The van der Waals surface area contributed by atoms with Crippen molar-refractivity contribution < 1.29 is 32.2 Å². The van der Waals surface area contributed by atoms with Gasteiger partial charge >= 0.3 is 12.1 Å². The van der Waals surface area contributed by atoms with Crippen LogP contribution in [0.15, 0.2) is 24.3 Å². The van der Waals surface area contributed by atoms with Crippen molar-refractivity contribution in [2.75, 3.05) is 45.2 Å². The maximum atomic E-state index is 14.9.